The highest BCUT2D eigenvalue weighted by molar-refractivity contribution is 7.80. The summed E-state index contributed by atoms with van der Waals surface area (Å²) in [5.74, 6) is 0. The van der Waals surface area contributed by atoms with E-state index in [0.717, 1.165) is 11.3 Å². The van der Waals surface area contributed by atoms with Crippen LogP contribution in [0, 0.1) is 0 Å². The van der Waals surface area contributed by atoms with Gasteiger partial charge in [0.25, 0.3) is 0 Å². The number of hydrogen-bond donors (Lipinski definition) is 1. The van der Waals surface area contributed by atoms with Crippen molar-refractivity contribution in [2.24, 2.45) is 5.73 Å². The molecule has 0 saturated heterocycles. The lowest BCUT2D eigenvalue weighted by atomic mass is 10.2. The Morgan fingerprint density at radius 3 is 2.86 bits per heavy atom. The number of thiocarbonyl (C=S) groups is 1. The van der Waals surface area contributed by atoms with Crippen LogP contribution in [0.3, 0.4) is 0 Å². The molecule has 2 nitrogen and oxygen atoms in total. The summed E-state index contributed by atoms with van der Waals surface area (Å²) in [6.07, 6.45) is 0. The first-order chi connectivity index (χ1) is 6.65. The monoisotopic (exact) mass is 212 g/mol. The van der Waals surface area contributed by atoms with E-state index in [1.54, 1.807) is 0 Å². The standard InChI is InChI=1S/C10H13FN2S/c1-13(6-5-11)9-4-2-3-8(7-9)10(12)14/h2-4,7H,5-6H2,1H3,(H2,12,14). The Hall–Kier alpha value is -1.16. The maximum atomic E-state index is 12.1. The Labute approximate surface area is 88.5 Å². The molecule has 0 saturated carbocycles. The summed E-state index contributed by atoms with van der Waals surface area (Å²) in [7, 11) is 1.83. The summed E-state index contributed by atoms with van der Waals surface area (Å²) in [6.45, 7) is 0.00852. The first-order valence-electron chi connectivity index (χ1n) is 4.32. The molecular formula is C10H13FN2S. The highest BCUT2D eigenvalue weighted by Gasteiger charge is 2.02. The molecule has 0 aliphatic carbocycles. The van der Waals surface area contributed by atoms with Gasteiger partial charge in [-0.05, 0) is 12.1 Å². The van der Waals surface area contributed by atoms with Gasteiger partial charge in [-0.1, -0.05) is 24.4 Å². The molecular weight excluding hydrogens is 199 g/mol. The predicted octanol–water partition coefficient (Wildman–Crippen LogP) is 1.73. The SMILES string of the molecule is CN(CCF)c1cccc(C(N)=S)c1. The van der Waals surface area contributed by atoms with E-state index in [9.17, 15) is 4.39 Å². The van der Waals surface area contributed by atoms with Crippen LogP contribution < -0.4 is 10.6 Å². The summed E-state index contributed by atoms with van der Waals surface area (Å²) in [5, 5.41) is 0. The molecule has 1 rings (SSSR count). The first-order valence-corrected chi connectivity index (χ1v) is 4.73. The lowest BCUT2D eigenvalue weighted by molar-refractivity contribution is 0.497. The third-order valence-electron chi connectivity index (χ3n) is 1.99. The molecule has 0 aliphatic heterocycles. The zero-order chi connectivity index (χ0) is 10.6. The van der Waals surface area contributed by atoms with Gasteiger partial charge in [0.2, 0.25) is 0 Å². The van der Waals surface area contributed by atoms with Crippen molar-refractivity contribution in [1.82, 2.24) is 0 Å². The second-order valence-electron chi connectivity index (χ2n) is 3.03. The Morgan fingerprint density at radius 2 is 2.29 bits per heavy atom. The van der Waals surface area contributed by atoms with Gasteiger partial charge in [-0.2, -0.15) is 0 Å². The van der Waals surface area contributed by atoms with Crippen molar-refractivity contribution in [3.63, 3.8) is 0 Å². The van der Waals surface area contributed by atoms with Crippen molar-refractivity contribution < 1.29 is 4.39 Å². The smallest absolute Gasteiger partial charge is 0.107 e. The average Bonchev–Trinajstić information content (AvgIpc) is 2.18. The molecule has 0 amide bonds. The highest BCUT2D eigenvalue weighted by atomic mass is 32.1. The van der Waals surface area contributed by atoms with Crippen LogP contribution >= 0.6 is 12.2 Å². The molecule has 0 unspecified atom stereocenters. The van der Waals surface area contributed by atoms with Crippen LogP contribution in [0.1, 0.15) is 5.56 Å². The molecule has 0 spiro atoms. The van der Waals surface area contributed by atoms with E-state index < -0.39 is 0 Å². The van der Waals surface area contributed by atoms with Crippen LogP contribution in [0.2, 0.25) is 0 Å². The van der Waals surface area contributed by atoms with Gasteiger partial charge in [-0.15, -0.1) is 0 Å². The van der Waals surface area contributed by atoms with Crippen LogP contribution in [0.15, 0.2) is 24.3 Å². The fourth-order valence-electron chi connectivity index (χ4n) is 1.15. The number of nitrogens with two attached hydrogens (primary N) is 1. The lowest BCUT2D eigenvalue weighted by Crippen LogP contribution is -2.20. The van der Waals surface area contributed by atoms with Gasteiger partial charge in [-0.25, -0.2) is 4.39 Å². The fourth-order valence-corrected chi connectivity index (χ4v) is 1.28. The van der Waals surface area contributed by atoms with Crippen LogP contribution in [0.25, 0.3) is 0 Å². The number of hydrogen-bond acceptors (Lipinski definition) is 2. The van der Waals surface area contributed by atoms with Gasteiger partial charge in [0, 0.05) is 24.8 Å². The van der Waals surface area contributed by atoms with Crippen LogP contribution in [0.4, 0.5) is 10.1 Å². The molecule has 1 aromatic carbocycles. The van der Waals surface area contributed by atoms with Gasteiger partial charge in [0.05, 0.1) is 0 Å². The molecule has 0 atom stereocenters. The third-order valence-corrected chi connectivity index (χ3v) is 2.23. The minimum Gasteiger partial charge on any atom is -0.389 e. The normalized spacial score (nSPS) is 9.86. The topological polar surface area (TPSA) is 29.3 Å². The van der Waals surface area contributed by atoms with Gasteiger partial charge < -0.3 is 10.6 Å². The van der Waals surface area contributed by atoms with Crippen molar-refractivity contribution in [3.05, 3.63) is 29.8 Å². The second kappa shape index (κ2) is 4.91. The first kappa shape index (κ1) is 10.9. The largest absolute Gasteiger partial charge is 0.389 e. The van der Waals surface area contributed by atoms with Crippen LogP contribution in [-0.2, 0) is 0 Å². The maximum Gasteiger partial charge on any atom is 0.107 e. The zero-order valence-corrected chi connectivity index (χ0v) is 8.85. The summed E-state index contributed by atoms with van der Waals surface area (Å²) < 4.78 is 12.1. The minimum absolute atomic E-state index is 0.362. The van der Waals surface area contributed by atoms with E-state index in [2.05, 4.69) is 0 Å². The van der Waals surface area contributed by atoms with Crippen molar-refractivity contribution in [1.29, 1.82) is 0 Å². The van der Waals surface area contributed by atoms with E-state index >= 15 is 0 Å². The molecule has 1 aromatic rings. The van der Waals surface area contributed by atoms with Crippen molar-refractivity contribution in [3.8, 4) is 0 Å². The van der Waals surface area contributed by atoms with Crippen LogP contribution in [-0.4, -0.2) is 25.3 Å². The molecule has 0 fully saturated rings. The molecule has 76 valence electrons. The number of nitrogens with zero attached hydrogens (tertiary/aromatic N) is 1. The summed E-state index contributed by atoms with van der Waals surface area (Å²) in [4.78, 5) is 2.18. The number of rotatable bonds is 4. The molecule has 0 radical (unpaired) electrons. The molecule has 0 bridgehead atoms. The van der Waals surface area contributed by atoms with E-state index in [1.807, 2.05) is 36.2 Å². The molecule has 0 aromatic heterocycles. The number of benzene rings is 1. The molecule has 0 heterocycles. The minimum atomic E-state index is -0.367. The van der Waals surface area contributed by atoms with Crippen molar-refractivity contribution in [2.75, 3.05) is 25.2 Å². The van der Waals surface area contributed by atoms with Crippen molar-refractivity contribution in [2.45, 2.75) is 0 Å². The fraction of sp³-hybridized carbons (Fsp3) is 0.300. The Bertz CT molecular complexity index is 328. The van der Waals surface area contributed by atoms with E-state index in [0.29, 0.717) is 11.5 Å². The van der Waals surface area contributed by atoms with Crippen molar-refractivity contribution >= 4 is 22.9 Å². The quantitative estimate of drug-likeness (QED) is 0.771. The van der Waals surface area contributed by atoms with Gasteiger partial charge >= 0.3 is 0 Å². The van der Waals surface area contributed by atoms with Crippen LogP contribution in [0.5, 0.6) is 0 Å². The van der Waals surface area contributed by atoms with Gasteiger partial charge in [0.1, 0.15) is 11.7 Å². The molecule has 0 aliphatic rings. The van der Waals surface area contributed by atoms with Gasteiger partial charge in [0.15, 0.2) is 0 Å². The van der Waals surface area contributed by atoms with Gasteiger partial charge in [-0.3, -0.25) is 0 Å². The highest BCUT2D eigenvalue weighted by Crippen LogP contribution is 2.14. The summed E-state index contributed by atoms with van der Waals surface area (Å²) in [6, 6.07) is 7.46. The Balaban J connectivity index is 2.87. The van der Waals surface area contributed by atoms with E-state index in [1.165, 1.54) is 0 Å². The molecule has 14 heavy (non-hydrogen) atoms. The molecule has 4 heteroatoms. The second-order valence-corrected chi connectivity index (χ2v) is 3.46. The average molecular weight is 212 g/mol. The Morgan fingerprint density at radius 1 is 1.57 bits per heavy atom. The number of halogens is 1. The summed E-state index contributed by atoms with van der Waals surface area (Å²) >= 11 is 4.86. The number of anilines is 1. The zero-order valence-electron chi connectivity index (χ0n) is 8.03. The van der Waals surface area contributed by atoms with E-state index in [-0.39, 0.29) is 6.67 Å². The molecule has 2 N–H and O–H groups in total. The Kier molecular flexibility index (Phi) is 3.83. The van der Waals surface area contributed by atoms with E-state index in [4.69, 9.17) is 18.0 Å². The summed E-state index contributed by atoms with van der Waals surface area (Å²) in [5.41, 5.74) is 7.23. The number of alkyl halides is 1. The maximum absolute atomic E-state index is 12.1. The third kappa shape index (κ3) is 2.67. The predicted molar refractivity (Wildman–Crippen MR) is 61.6 cm³/mol. The lowest BCUT2D eigenvalue weighted by Gasteiger charge is -2.17.